The van der Waals surface area contributed by atoms with Crippen molar-refractivity contribution in [3.8, 4) is 12.3 Å². The van der Waals surface area contributed by atoms with Gasteiger partial charge in [0.1, 0.15) is 0 Å². The zero-order valence-corrected chi connectivity index (χ0v) is 18.8. The van der Waals surface area contributed by atoms with E-state index in [1.54, 1.807) is 36.6 Å². The summed E-state index contributed by atoms with van der Waals surface area (Å²) < 4.78 is 0. The van der Waals surface area contributed by atoms with Gasteiger partial charge in [0.25, 0.3) is 0 Å². The van der Waals surface area contributed by atoms with Crippen molar-refractivity contribution < 1.29 is 4.79 Å². The molecule has 0 radical (unpaired) electrons. The van der Waals surface area contributed by atoms with Crippen molar-refractivity contribution in [2.24, 2.45) is 4.99 Å². The summed E-state index contributed by atoms with van der Waals surface area (Å²) in [6.45, 7) is 4.89. The molecule has 144 valence electrons. The zero-order valence-electron chi connectivity index (χ0n) is 15.6. The third-order valence-corrected chi connectivity index (χ3v) is 4.79. The fraction of sp³-hybridized carbons (Fsp3) is 0.316. The van der Waals surface area contributed by atoms with Crippen LogP contribution in [0.5, 0.6) is 0 Å². The van der Waals surface area contributed by atoms with Gasteiger partial charge in [-0.3, -0.25) is 9.79 Å². The molecule has 1 heterocycles. The lowest BCUT2D eigenvalue weighted by Gasteiger charge is -2.11. The molecule has 0 fully saturated rings. The average molecular weight is 497 g/mol. The predicted molar refractivity (Wildman–Crippen MR) is 123 cm³/mol. The minimum absolute atomic E-state index is 0. The number of halogens is 1. The van der Waals surface area contributed by atoms with E-state index < -0.39 is 0 Å². The SMILES string of the molecule is C#Cc1cccc(NC(=O)CNC(=NC)NCCc2nc(C)c(C)s2)c1.I. The summed E-state index contributed by atoms with van der Waals surface area (Å²) in [5.41, 5.74) is 2.48. The van der Waals surface area contributed by atoms with Gasteiger partial charge in [0.2, 0.25) is 5.91 Å². The Morgan fingerprint density at radius 2 is 2.11 bits per heavy atom. The van der Waals surface area contributed by atoms with Crippen LogP contribution in [0.25, 0.3) is 0 Å². The molecule has 1 aromatic carbocycles. The Bertz CT molecular complexity index is 821. The highest BCUT2D eigenvalue weighted by Gasteiger charge is 2.06. The fourth-order valence-corrected chi connectivity index (χ4v) is 3.14. The molecule has 0 aliphatic carbocycles. The van der Waals surface area contributed by atoms with E-state index in [0.29, 0.717) is 18.2 Å². The fourth-order valence-electron chi connectivity index (χ4n) is 2.21. The molecule has 0 atom stereocenters. The normalized spacial score (nSPS) is 10.5. The first-order chi connectivity index (χ1) is 12.5. The van der Waals surface area contributed by atoms with E-state index in [4.69, 9.17) is 6.42 Å². The maximum absolute atomic E-state index is 12.1. The topological polar surface area (TPSA) is 78.4 Å². The van der Waals surface area contributed by atoms with Crippen LogP contribution in [0.1, 0.15) is 21.1 Å². The molecule has 0 saturated carbocycles. The molecule has 0 unspecified atom stereocenters. The molecule has 3 N–H and O–H groups in total. The first-order valence-electron chi connectivity index (χ1n) is 8.25. The lowest BCUT2D eigenvalue weighted by molar-refractivity contribution is -0.115. The average Bonchev–Trinajstić information content (AvgIpc) is 2.95. The smallest absolute Gasteiger partial charge is 0.243 e. The number of thiazole rings is 1. The number of benzene rings is 1. The first kappa shape index (κ1) is 22.9. The number of aryl methyl sites for hydroxylation is 2. The van der Waals surface area contributed by atoms with Gasteiger partial charge in [-0.2, -0.15) is 0 Å². The lowest BCUT2D eigenvalue weighted by Crippen LogP contribution is -2.42. The number of hydrogen-bond donors (Lipinski definition) is 3. The van der Waals surface area contributed by atoms with E-state index in [9.17, 15) is 4.79 Å². The molecule has 2 aromatic rings. The summed E-state index contributed by atoms with van der Waals surface area (Å²) in [5, 5.41) is 10.1. The van der Waals surface area contributed by atoms with Gasteiger partial charge in [-0.1, -0.05) is 12.0 Å². The lowest BCUT2D eigenvalue weighted by atomic mass is 10.2. The van der Waals surface area contributed by atoms with Crippen LogP contribution >= 0.6 is 35.3 Å². The van der Waals surface area contributed by atoms with Crippen molar-refractivity contribution in [1.82, 2.24) is 15.6 Å². The number of guanidine groups is 1. The number of nitrogens with one attached hydrogen (secondary N) is 3. The summed E-state index contributed by atoms with van der Waals surface area (Å²) in [6, 6.07) is 7.17. The zero-order chi connectivity index (χ0) is 18.9. The summed E-state index contributed by atoms with van der Waals surface area (Å²) >= 11 is 1.71. The summed E-state index contributed by atoms with van der Waals surface area (Å²) in [5.74, 6) is 2.94. The van der Waals surface area contributed by atoms with Crippen LogP contribution in [0.3, 0.4) is 0 Å². The van der Waals surface area contributed by atoms with Crippen LogP contribution in [0.2, 0.25) is 0 Å². The molecule has 8 heteroatoms. The Hall–Kier alpha value is -2.12. The number of carbonyl (C=O) groups is 1. The second-order valence-electron chi connectivity index (χ2n) is 5.63. The molecule has 0 aliphatic heterocycles. The van der Waals surface area contributed by atoms with Crippen LogP contribution in [0.15, 0.2) is 29.3 Å². The van der Waals surface area contributed by atoms with E-state index in [0.717, 1.165) is 22.7 Å². The van der Waals surface area contributed by atoms with E-state index >= 15 is 0 Å². The second kappa shape index (κ2) is 11.6. The molecule has 2 rings (SSSR count). The Morgan fingerprint density at radius 3 is 2.74 bits per heavy atom. The van der Waals surface area contributed by atoms with Crippen LogP contribution in [-0.4, -0.2) is 37.0 Å². The summed E-state index contributed by atoms with van der Waals surface area (Å²) in [7, 11) is 1.67. The largest absolute Gasteiger partial charge is 0.356 e. The number of amides is 1. The quantitative estimate of drug-likeness (QED) is 0.248. The van der Waals surface area contributed by atoms with Gasteiger partial charge < -0.3 is 16.0 Å². The standard InChI is InChI=1S/C19H23N5OS.HI/c1-5-15-7-6-8-16(11-15)24-17(25)12-22-19(20-4)21-10-9-18-23-13(2)14(3)26-18;/h1,6-8,11H,9-10,12H2,2-4H3,(H,24,25)(H2,20,21,22);1H. The summed E-state index contributed by atoms with van der Waals surface area (Å²) in [6.07, 6.45) is 6.17. The van der Waals surface area contributed by atoms with E-state index in [1.807, 2.05) is 13.0 Å². The van der Waals surface area contributed by atoms with Crippen molar-refractivity contribution in [2.45, 2.75) is 20.3 Å². The molecule has 0 aliphatic rings. The highest BCUT2D eigenvalue weighted by atomic mass is 127. The molecule has 6 nitrogen and oxygen atoms in total. The minimum atomic E-state index is -0.173. The highest BCUT2D eigenvalue weighted by Crippen LogP contribution is 2.16. The number of aromatic nitrogens is 1. The molecule has 0 saturated heterocycles. The molecular formula is C19H24IN5OS. The Kier molecular flexibility index (Phi) is 9.82. The van der Waals surface area contributed by atoms with Gasteiger partial charge >= 0.3 is 0 Å². The monoisotopic (exact) mass is 497 g/mol. The third kappa shape index (κ3) is 7.56. The number of carbonyl (C=O) groups excluding carboxylic acids is 1. The number of terminal acetylenes is 1. The number of anilines is 1. The Labute approximate surface area is 181 Å². The number of rotatable bonds is 6. The van der Waals surface area contributed by atoms with Gasteiger partial charge in [0, 0.05) is 36.1 Å². The van der Waals surface area contributed by atoms with Crippen molar-refractivity contribution in [3.63, 3.8) is 0 Å². The summed E-state index contributed by atoms with van der Waals surface area (Å²) in [4.78, 5) is 21.9. The number of aliphatic imine (C=N–C) groups is 1. The molecule has 0 bridgehead atoms. The van der Waals surface area contributed by atoms with Crippen molar-refractivity contribution >= 4 is 52.9 Å². The van der Waals surface area contributed by atoms with Crippen LogP contribution in [0.4, 0.5) is 5.69 Å². The second-order valence-corrected chi connectivity index (χ2v) is 6.91. The maximum Gasteiger partial charge on any atom is 0.243 e. The molecule has 1 amide bonds. The van der Waals surface area contributed by atoms with Gasteiger partial charge in [0.05, 0.1) is 17.2 Å². The van der Waals surface area contributed by atoms with E-state index in [-0.39, 0.29) is 36.4 Å². The van der Waals surface area contributed by atoms with Crippen LogP contribution in [-0.2, 0) is 11.2 Å². The number of hydrogen-bond acceptors (Lipinski definition) is 4. The third-order valence-electron chi connectivity index (χ3n) is 3.66. The van der Waals surface area contributed by atoms with Crippen LogP contribution < -0.4 is 16.0 Å². The molecule has 1 aromatic heterocycles. The Morgan fingerprint density at radius 1 is 1.33 bits per heavy atom. The van der Waals surface area contributed by atoms with Gasteiger partial charge in [0.15, 0.2) is 5.96 Å². The van der Waals surface area contributed by atoms with Crippen molar-refractivity contribution in [3.05, 3.63) is 45.4 Å². The van der Waals surface area contributed by atoms with E-state index in [1.165, 1.54) is 4.88 Å². The number of nitrogens with zero attached hydrogens (tertiary/aromatic N) is 2. The maximum atomic E-state index is 12.1. The Balaban J connectivity index is 0.00000364. The van der Waals surface area contributed by atoms with Crippen molar-refractivity contribution in [1.29, 1.82) is 0 Å². The molecule has 27 heavy (non-hydrogen) atoms. The van der Waals surface area contributed by atoms with E-state index in [2.05, 4.69) is 38.8 Å². The first-order valence-corrected chi connectivity index (χ1v) is 9.07. The van der Waals surface area contributed by atoms with Gasteiger partial charge in [-0.15, -0.1) is 41.7 Å². The van der Waals surface area contributed by atoms with Crippen LogP contribution in [0, 0.1) is 26.2 Å². The molecule has 0 spiro atoms. The highest BCUT2D eigenvalue weighted by molar-refractivity contribution is 14.0. The minimum Gasteiger partial charge on any atom is -0.356 e. The van der Waals surface area contributed by atoms with Crippen molar-refractivity contribution in [2.75, 3.05) is 25.5 Å². The predicted octanol–water partition coefficient (Wildman–Crippen LogP) is 2.71. The van der Waals surface area contributed by atoms with Gasteiger partial charge in [-0.05, 0) is 32.0 Å². The van der Waals surface area contributed by atoms with Gasteiger partial charge in [-0.25, -0.2) is 4.98 Å². The molecular weight excluding hydrogens is 473 g/mol.